The molecule has 0 saturated carbocycles. The predicted molar refractivity (Wildman–Crippen MR) is 89.0 cm³/mol. The van der Waals surface area contributed by atoms with Gasteiger partial charge in [-0.15, -0.1) is 0 Å². The van der Waals surface area contributed by atoms with Crippen LogP contribution in [0.15, 0.2) is 54.6 Å². The van der Waals surface area contributed by atoms with Crippen LogP contribution in [0.5, 0.6) is 0 Å². The number of amides is 1. The molecule has 0 bridgehead atoms. The molecular formula is C18H22N2O. The Kier molecular flexibility index (Phi) is 5.38. The topological polar surface area (TPSA) is 32.3 Å². The lowest BCUT2D eigenvalue weighted by Crippen LogP contribution is -2.31. The van der Waals surface area contributed by atoms with E-state index < -0.39 is 0 Å². The van der Waals surface area contributed by atoms with Crippen LogP contribution in [0.4, 0.5) is 11.4 Å². The van der Waals surface area contributed by atoms with Gasteiger partial charge in [-0.05, 0) is 42.8 Å². The Morgan fingerprint density at radius 3 is 2.29 bits per heavy atom. The van der Waals surface area contributed by atoms with Gasteiger partial charge in [0.05, 0.1) is 0 Å². The molecule has 0 aliphatic carbocycles. The molecule has 0 radical (unpaired) electrons. The second-order valence-corrected chi connectivity index (χ2v) is 4.97. The van der Waals surface area contributed by atoms with E-state index in [0.717, 1.165) is 30.8 Å². The number of hydrogen-bond acceptors (Lipinski definition) is 2. The minimum atomic E-state index is 0.0531. The molecule has 0 unspecified atom stereocenters. The Hall–Kier alpha value is -2.29. The van der Waals surface area contributed by atoms with E-state index in [9.17, 15) is 4.79 Å². The summed E-state index contributed by atoms with van der Waals surface area (Å²) < 4.78 is 0. The van der Waals surface area contributed by atoms with Crippen molar-refractivity contribution in [1.82, 2.24) is 0 Å². The van der Waals surface area contributed by atoms with Gasteiger partial charge in [0.15, 0.2) is 0 Å². The smallest absolute Gasteiger partial charge is 0.258 e. The van der Waals surface area contributed by atoms with Gasteiger partial charge in [-0.2, -0.15) is 0 Å². The summed E-state index contributed by atoms with van der Waals surface area (Å²) in [5, 5.41) is 3.06. The van der Waals surface area contributed by atoms with Gasteiger partial charge in [-0.1, -0.05) is 31.5 Å². The summed E-state index contributed by atoms with van der Waals surface area (Å²) in [5.41, 5.74) is 2.67. The van der Waals surface area contributed by atoms with Crippen molar-refractivity contribution in [3.63, 3.8) is 0 Å². The summed E-state index contributed by atoms with van der Waals surface area (Å²) in [4.78, 5) is 14.6. The van der Waals surface area contributed by atoms with Crippen molar-refractivity contribution >= 4 is 17.3 Å². The zero-order chi connectivity index (χ0) is 15.1. The lowest BCUT2D eigenvalue weighted by molar-refractivity contribution is 0.0986. The lowest BCUT2D eigenvalue weighted by atomic mass is 10.1. The molecule has 0 saturated heterocycles. The highest BCUT2D eigenvalue weighted by Crippen LogP contribution is 2.19. The number of hydrogen-bond donors (Lipinski definition) is 1. The minimum Gasteiger partial charge on any atom is -0.388 e. The van der Waals surface area contributed by atoms with Crippen LogP contribution in [0.2, 0.25) is 0 Å². The fourth-order valence-corrected chi connectivity index (χ4v) is 2.21. The second-order valence-electron chi connectivity index (χ2n) is 4.97. The van der Waals surface area contributed by atoms with E-state index in [4.69, 9.17) is 0 Å². The number of para-hydroxylation sites is 1. The lowest BCUT2D eigenvalue weighted by Gasteiger charge is -2.23. The molecule has 0 aliphatic rings. The van der Waals surface area contributed by atoms with Crippen molar-refractivity contribution in [1.29, 1.82) is 0 Å². The fraction of sp³-hybridized carbons (Fsp3) is 0.278. The first-order chi connectivity index (χ1) is 10.3. The van der Waals surface area contributed by atoms with Gasteiger partial charge in [-0.3, -0.25) is 4.79 Å². The van der Waals surface area contributed by atoms with Crippen molar-refractivity contribution < 1.29 is 4.79 Å². The number of unbranched alkanes of at least 4 members (excludes halogenated alkanes) is 1. The van der Waals surface area contributed by atoms with Crippen molar-refractivity contribution in [2.45, 2.75) is 19.8 Å². The highest BCUT2D eigenvalue weighted by molar-refractivity contribution is 6.06. The number of anilines is 2. The molecule has 0 aliphatic heterocycles. The van der Waals surface area contributed by atoms with Gasteiger partial charge >= 0.3 is 0 Å². The number of carbonyl (C=O) groups excluding carboxylic acids is 1. The average Bonchev–Trinajstić information content (AvgIpc) is 2.56. The first kappa shape index (κ1) is 15.1. The Morgan fingerprint density at radius 1 is 1.05 bits per heavy atom. The maximum Gasteiger partial charge on any atom is 0.258 e. The molecule has 1 N–H and O–H groups in total. The second kappa shape index (κ2) is 7.48. The van der Waals surface area contributed by atoms with E-state index >= 15 is 0 Å². The van der Waals surface area contributed by atoms with Gasteiger partial charge in [0, 0.05) is 30.5 Å². The molecule has 110 valence electrons. The van der Waals surface area contributed by atoms with E-state index in [1.54, 1.807) is 0 Å². The van der Waals surface area contributed by atoms with Crippen molar-refractivity contribution in [2.24, 2.45) is 0 Å². The molecule has 3 nitrogen and oxygen atoms in total. The van der Waals surface area contributed by atoms with Crippen molar-refractivity contribution in [2.75, 3.05) is 23.8 Å². The van der Waals surface area contributed by atoms with Crippen molar-refractivity contribution in [3.05, 3.63) is 60.2 Å². The van der Waals surface area contributed by atoms with Crippen LogP contribution in [0, 0.1) is 0 Å². The van der Waals surface area contributed by atoms with Crippen LogP contribution in [0.3, 0.4) is 0 Å². The molecule has 1 amide bonds. The number of carbonyl (C=O) groups is 1. The first-order valence-electron chi connectivity index (χ1n) is 7.41. The van der Waals surface area contributed by atoms with Crippen LogP contribution >= 0.6 is 0 Å². The summed E-state index contributed by atoms with van der Waals surface area (Å²) in [6.45, 7) is 2.88. The van der Waals surface area contributed by atoms with E-state index in [1.165, 1.54) is 0 Å². The van der Waals surface area contributed by atoms with Gasteiger partial charge in [-0.25, -0.2) is 0 Å². The van der Waals surface area contributed by atoms with Gasteiger partial charge in [0.2, 0.25) is 0 Å². The number of rotatable bonds is 6. The zero-order valence-corrected chi connectivity index (χ0v) is 12.7. The maximum atomic E-state index is 12.8. The van der Waals surface area contributed by atoms with E-state index in [1.807, 2.05) is 66.5 Å². The number of nitrogens with zero attached hydrogens (tertiary/aromatic N) is 1. The first-order valence-corrected chi connectivity index (χ1v) is 7.41. The maximum absolute atomic E-state index is 12.8. The van der Waals surface area contributed by atoms with Gasteiger partial charge in [0.1, 0.15) is 0 Å². The highest BCUT2D eigenvalue weighted by atomic mass is 16.2. The molecule has 2 aromatic carbocycles. The summed E-state index contributed by atoms with van der Waals surface area (Å²) >= 11 is 0. The van der Waals surface area contributed by atoms with Gasteiger partial charge in [0.25, 0.3) is 5.91 Å². The minimum absolute atomic E-state index is 0.0531. The Morgan fingerprint density at radius 2 is 1.71 bits per heavy atom. The third kappa shape index (κ3) is 3.85. The monoisotopic (exact) mass is 282 g/mol. The van der Waals surface area contributed by atoms with Crippen LogP contribution in [-0.2, 0) is 0 Å². The predicted octanol–water partition coefficient (Wildman–Crippen LogP) is 4.18. The molecule has 2 aromatic rings. The Balaban J connectivity index is 2.24. The van der Waals surface area contributed by atoms with E-state index in [0.29, 0.717) is 5.56 Å². The zero-order valence-electron chi connectivity index (χ0n) is 12.7. The molecule has 0 spiro atoms. The highest BCUT2D eigenvalue weighted by Gasteiger charge is 2.16. The van der Waals surface area contributed by atoms with Crippen molar-refractivity contribution in [3.8, 4) is 0 Å². The molecule has 0 fully saturated rings. The molecular weight excluding hydrogens is 260 g/mol. The largest absolute Gasteiger partial charge is 0.388 e. The van der Waals surface area contributed by atoms with Crippen LogP contribution in [0.1, 0.15) is 30.1 Å². The van der Waals surface area contributed by atoms with Gasteiger partial charge < -0.3 is 10.2 Å². The molecule has 21 heavy (non-hydrogen) atoms. The average molecular weight is 282 g/mol. The van der Waals surface area contributed by atoms with Crippen LogP contribution in [0.25, 0.3) is 0 Å². The van der Waals surface area contributed by atoms with E-state index in [2.05, 4.69) is 12.2 Å². The summed E-state index contributed by atoms with van der Waals surface area (Å²) in [6.07, 6.45) is 2.06. The molecule has 0 aromatic heterocycles. The standard InChI is InChI=1S/C18H22N2O/c1-3-4-14-20(17-8-6-5-7-9-17)18(21)15-10-12-16(19-2)13-11-15/h5-13,19H,3-4,14H2,1-2H3. The molecule has 2 rings (SSSR count). The van der Waals surface area contributed by atoms with Crippen LogP contribution < -0.4 is 10.2 Å². The Labute approximate surface area is 126 Å². The third-order valence-corrected chi connectivity index (χ3v) is 3.47. The molecule has 0 atom stereocenters. The summed E-state index contributed by atoms with van der Waals surface area (Å²) in [5.74, 6) is 0.0531. The fourth-order valence-electron chi connectivity index (χ4n) is 2.21. The third-order valence-electron chi connectivity index (χ3n) is 3.47. The number of benzene rings is 2. The van der Waals surface area contributed by atoms with E-state index in [-0.39, 0.29) is 5.91 Å². The quantitative estimate of drug-likeness (QED) is 0.862. The number of nitrogens with one attached hydrogen (secondary N) is 1. The molecule has 3 heteroatoms. The van der Waals surface area contributed by atoms with Crippen LogP contribution in [-0.4, -0.2) is 19.5 Å². The molecule has 0 heterocycles. The summed E-state index contributed by atoms with van der Waals surface area (Å²) in [6, 6.07) is 17.5. The summed E-state index contributed by atoms with van der Waals surface area (Å²) in [7, 11) is 1.87. The Bertz CT molecular complexity index is 564. The normalized spacial score (nSPS) is 10.2. The SMILES string of the molecule is CCCCN(C(=O)c1ccc(NC)cc1)c1ccccc1.